The minimum absolute atomic E-state index is 0.00363. The molecule has 2 aromatic carbocycles. The second-order valence-corrected chi connectivity index (χ2v) is 8.97. The molecule has 1 atom stereocenters. The van der Waals surface area contributed by atoms with E-state index in [0.717, 1.165) is 30.8 Å². The molecule has 2 saturated heterocycles. The van der Waals surface area contributed by atoms with Gasteiger partial charge in [0.05, 0.1) is 29.8 Å². The van der Waals surface area contributed by atoms with Crippen molar-refractivity contribution < 1.29 is 24.4 Å². The van der Waals surface area contributed by atoms with Gasteiger partial charge in [-0.15, -0.1) is 0 Å². The summed E-state index contributed by atoms with van der Waals surface area (Å²) in [6, 6.07) is 10.5. The van der Waals surface area contributed by atoms with Crippen LogP contribution >= 0.6 is 0 Å². The highest BCUT2D eigenvalue weighted by atomic mass is 16.6. The van der Waals surface area contributed by atoms with Gasteiger partial charge in [-0.3, -0.25) is 24.6 Å². The molecule has 35 heavy (non-hydrogen) atoms. The zero-order valence-electron chi connectivity index (χ0n) is 19.9. The highest BCUT2D eigenvalue weighted by Crippen LogP contribution is 2.40. The summed E-state index contributed by atoms with van der Waals surface area (Å²) >= 11 is 0. The molecule has 9 nitrogen and oxygen atoms in total. The third kappa shape index (κ3) is 5.11. The number of hydrogen-bond donors (Lipinski definition) is 1. The zero-order chi connectivity index (χ0) is 25.1. The molecule has 0 aliphatic carbocycles. The number of likely N-dealkylation sites (tertiary alicyclic amines) is 1. The van der Waals surface area contributed by atoms with Crippen LogP contribution in [0.2, 0.25) is 0 Å². The number of nitro groups is 1. The molecule has 1 N–H and O–H groups in total. The van der Waals surface area contributed by atoms with Crippen molar-refractivity contribution in [1.82, 2.24) is 9.80 Å². The highest BCUT2D eigenvalue weighted by Gasteiger charge is 2.46. The fourth-order valence-corrected chi connectivity index (χ4v) is 4.66. The molecule has 0 saturated carbocycles. The van der Waals surface area contributed by atoms with Crippen LogP contribution in [-0.4, -0.2) is 70.9 Å². The number of carbonyl (C=O) groups excluding carboxylic acids is 2. The Morgan fingerprint density at radius 2 is 1.77 bits per heavy atom. The molecule has 2 heterocycles. The largest absolute Gasteiger partial charge is 0.507 e. The van der Waals surface area contributed by atoms with Crippen LogP contribution in [0.5, 0.6) is 0 Å². The second-order valence-electron chi connectivity index (χ2n) is 8.97. The van der Waals surface area contributed by atoms with E-state index in [0.29, 0.717) is 37.3 Å². The minimum Gasteiger partial charge on any atom is -0.507 e. The number of ether oxygens (including phenoxy) is 1. The number of aliphatic hydroxyl groups excluding tert-OH is 1. The smallest absolute Gasteiger partial charge is 0.295 e. The zero-order valence-corrected chi connectivity index (χ0v) is 19.9. The molecule has 0 radical (unpaired) electrons. The number of nitrogens with zero attached hydrogens (tertiary/aromatic N) is 3. The molecule has 2 aliphatic rings. The molecule has 0 spiro atoms. The number of Topliss-reactive ketones (excluding diaryl/α,β-unsaturated/α-hetero) is 1. The molecule has 2 fully saturated rings. The molecule has 1 amide bonds. The van der Waals surface area contributed by atoms with Crippen LogP contribution in [0, 0.1) is 24.0 Å². The van der Waals surface area contributed by atoms with Crippen LogP contribution in [0.3, 0.4) is 0 Å². The Morgan fingerprint density at radius 1 is 1.09 bits per heavy atom. The van der Waals surface area contributed by atoms with E-state index in [1.165, 1.54) is 17.0 Å². The topological polar surface area (TPSA) is 113 Å². The van der Waals surface area contributed by atoms with Gasteiger partial charge in [-0.1, -0.05) is 17.7 Å². The monoisotopic (exact) mass is 479 g/mol. The SMILES string of the molecule is Cc1ccc(C)c(C(O)=C2C(=O)C(=O)N(CCCN3CCOCC3)[C@@H]2c2ccc([N+](=O)[O-])cc2)c1. The quantitative estimate of drug-likeness (QED) is 0.213. The molecule has 184 valence electrons. The lowest BCUT2D eigenvalue weighted by Crippen LogP contribution is -2.38. The van der Waals surface area contributed by atoms with Gasteiger partial charge in [0.1, 0.15) is 5.76 Å². The van der Waals surface area contributed by atoms with Crippen LogP contribution in [0.25, 0.3) is 5.76 Å². The maximum atomic E-state index is 13.2. The van der Waals surface area contributed by atoms with Gasteiger partial charge in [-0.25, -0.2) is 0 Å². The number of benzene rings is 2. The van der Waals surface area contributed by atoms with Gasteiger partial charge in [0, 0.05) is 43.9 Å². The van der Waals surface area contributed by atoms with Gasteiger partial charge in [-0.05, 0) is 49.6 Å². The maximum absolute atomic E-state index is 13.2. The molecule has 0 bridgehead atoms. The Balaban J connectivity index is 1.72. The molecule has 9 heteroatoms. The van der Waals surface area contributed by atoms with Crippen molar-refractivity contribution in [3.63, 3.8) is 0 Å². The summed E-state index contributed by atoms with van der Waals surface area (Å²) < 4.78 is 5.38. The van der Waals surface area contributed by atoms with E-state index in [-0.39, 0.29) is 17.0 Å². The molecule has 0 unspecified atom stereocenters. The number of morpholine rings is 1. The van der Waals surface area contributed by atoms with Gasteiger partial charge in [0.15, 0.2) is 0 Å². The summed E-state index contributed by atoms with van der Waals surface area (Å²) in [6.07, 6.45) is 0.639. The summed E-state index contributed by atoms with van der Waals surface area (Å²) in [7, 11) is 0. The highest BCUT2D eigenvalue weighted by molar-refractivity contribution is 6.46. The van der Waals surface area contributed by atoms with Crippen LogP contribution in [0.15, 0.2) is 48.0 Å². The lowest BCUT2D eigenvalue weighted by molar-refractivity contribution is -0.384. The fraction of sp³-hybridized carbons (Fsp3) is 0.385. The summed E-state index contributed by atoms with van der Waals surface area (Å²) in [6.45, 7) is 7.74. The Bertz CT molecular complexity index is 1170. The van der Waals surface area contributed by atoms with Gasteiger partial charge in [0.25, 0.3) is 17.4 Å². The Labute approximate surface area is 203 Å². The molecule has 0 aromatic heterocycles. The first-order chi connectivity index (χ1) is 16.8. The average molecular weight is 480 g/mol. The summed E-state index contributed by atoms with van der Waals surface area (Å²) in [4.78, 5) is 40.7. The normalized spacial score (nSPS) is 20.4. The lowest BCUT2D eigenvalue weighted by Gasteiger charge is -2.29. The predicted octanol–water partition coefficient (Wildman–Crippen LogP) is 3.36. The molecule has 2 aromatic rings. The number of carbonyl (C=O) groups is 2. The first-order valence-corrected chi connectivity index (χ1v) is 11.7. The number of nitro benzene ring substituents is 1. The average Bonchev–Trinajstić information content (AvgIpc) is 3.11. The number of aryl methyl sites for hydroxylation is 2. The van der Waals surface area contributed by atoms with Crippen molar-refractivity contribution in [2.24, 2.45) is 0 Å². The molecule has 2 aliphatic heterocycles. The maximum Gasteiger partial charge on any atom is 0.295 e. The van der Waals surface area contributed by atoms with Crippen LogP contribution in [0.4, 0.5) is 5.69 Å². The Hall–Kier alpha value is -3.56. The van der Waals surface area contributed by atoms with Crippen LogP contribution in [0.1, 0.15) is 34.7 Å². The fourth-order valence-electron chi connectivity index (χ4n) is 4.66. The van der Waals surface area contributed by atoms with Gasteiger partial charge in [-0.2, -0.15) is 0 Å². The molecular formula is C26H29N3O6. The number of rotatable bonds is 7. The van der Waals surface area contributed by atoms with Crippen molar-refractivity contribution in [2.75, 3.05) is 39.4 Å². The Kier molecular flexibility index (Phi) is 7.28. The number of amides is 1. The van der Waals surface area contributed by atoms with Crippen molar-refractivity contribution in [2.45, 2.75) is 26.3 Å². The minimum atomic E-state index is -0.833. The van der Waals surface area contributed by atoms with Gasteiger partial charge < -0.3 is 14.7 Å². The van der Waals surface area contributed by atoms with E-state index >= 15 is 0 Å². The first kappa shape index (κ1) is 24.6. The van der Waals surface area contributed by atoms with Crippen molar-refractivity contribution >= 4 is 23.1 Å². The Morgan fingerprint density at radius 3 is 2.43 bits per heavy atom. The summed E-state index contributed by atoms with van der Waals surface area (Å²) in [5, 5.41) is 22.4. The number of hydrogen-bond acceptors (Lipinski definition) is 7. The van der Waals surface area contributed by atoms with Crippen LogP contribution < -0.4 is 0 Å². The summed E-state index contributed by atoms with van der Waals surface area (Å²) in [5.41, 5.74) is 2.62. The first-order valence-electron chi connectivity index (χ1n) is 11.7. The summed E-state index contributed by atoms with van der Waals surface area (Å²) in [5.74, 6) is -1.66. The van der Waals surface area contributed by atoms with Gasteiger partial charge in [0.2, 0.25) is 0 Å². The standard InChI is InChI=1S/C26H29N3O6/c1-17-4-5-18(2)21(16-17)24(30)22-23(19-6-8-20(9-7-19)29(33)34)28(26(32)25(22)31)11-3-10-27-12-14-35-15-13-27/h4-9,16,23,30H,3,10-15H2,1-2H3/t23-/m1/s1. The van der Waals surface area contributed by atoms with Crippen LogP contribution in [-0.2, 0) is 14.3 Å². The van der Waals surface area contributed by atoms with E-state index < -0.39 is 22.7 Å². The van der Waals surface area contributed by atoms with E-state index in [1.807, 2.05) is 26.0 Å². The molecular weight excluding hydrogens is 450 g/mol. The van der Waals surface area contributed by atoms with Crippen molar-refractivity contribution in [3.8, 4) is 0 Å². The molecule has 4 rings (SSSR count). The predicted molar refractivity (Wildman–Crippen MR) is 130 cm³/mol. The van der Waals surface area contributed by atoms with E-state index in [4.69, 9.17) is 4.74 Å². The third-order valence-electron chi connectivity index (χ3n) is 6.58. The van der Waals surface area contributed by atoms with Crippen molar-refractivity contribution in [3.05, 3.63) is 80.4 Å². The lowest BCUT2D eigenvalue weighted by atomic mass is 9.93. The van der Waals surface area contributed by atoms with Gasteiger partial charge >= 0.3 is 0 Å². The third-order valence-corrected chi connectivity index (χ3v) is 6.58. The number of aliphatic hydroxyl groups is 1. The number of non-ortho nitro benzene ring substituents is 1. The van der Waals surface area contributed by atoms with E-state index in [2.05, 4.69) is 4.90 Å². The van der Waals surface area contributed by atoms with E-state index in [9.17, 15) is 24.8 Å². The number of ketones is 1. The second kappa shape index (κ2) is 10.4. The van der Waals surface area contributed by atoms with Crippen molar-refractivity contribution in [1.29, 1.82) is 0 Å². The van der Waals surface area contributed by atoms with E-state index in [1.54, 1.807) is 18.2 Å².